The van der Waals surface area contributed by atoms with Crippen LogP contribution < -0.4 is 9.80 Å². The average Bonchev–Trinajstić information content (AvgIpc) is 3.04. The molecule has 0 aromatic heterocycles. The van der Waals surface area contributed by atoms with Gasteiger partial charge in [-0.2, -0.15) is 0 Å². The molecule has 0 saturated carbocycles. The molecule has 0 saturated heterocycles. The lowest BCUT2D eigenvalue weighted by molar-refractivity contribution is 0.199. The van der Waals surface area contributed by atoms with Gasteiger partial charge in [0.05, 0.1) is 6.10 Å². The first-order valence-electron chi connectivity index (χ1n) is 15.7. The van der Waals surface area contributed by atoms with Crippen LogP contribution in [-0.2, 0) is 0 Å². The van der Waals surface area contributed by atoms with Crippen molar-refractivity contribution in [2.24, 2.45) is 0 Å². The van der Waals surface area contributed by atoms with Gasteiger partial charge in [-0.15, -0.1) is 0 Å². The van der Waals surface area contributed by atoms with E-state index in [1.807, 2.05) is 13.0 Å². The summed E-state index contributed by atoms with van der Waals surface area (Å²) in [6.07, 6.45) is 4.07. The maximum absolute atomic E-state index is 10.3. The molecule has 0 bridgehead atoms. The van der Waals surface area contributed by atoms with Crippen molar-refractivity contribution in [2.45, 2.75) is 65.5 Å². The molecule has 2 atom stereocenters. The molecule has 0 aliphatic carbocycles. The molecule has 43 heavy (non-hydrogen) atoms. The number of anilines is 5. The second kappa shape index (κ2) is 14.2. The minimum absolute atomic E-state index is 0.389. The van der Waals surface area contributed by atoms with E-state index in [-0.39, 0.29) is 0 Å². The van der Waals surface area contributed by atoms with Crippen LogP contribution in [0.4, 0.5) is 28.4 Å². The summed E-state index contributed by atoms with van der Waals surface area (Å²) in [5, 5.41) is 10.3. The van der Waals surface area contributed by atoms with Crippen LogP contribution in [0.1, 0.15) is 63.7 Å². The van der Waals surface area contributed by atoms with E-state index in [2.05, 4.69) is 152 Å². The van der Waals surface area contributed by atoms with E-state index in [0.29, 0.717) is 6.04 Å². The SMILES string of the molecule is CCCCC(CC)N(c1ccc(-c2ccc(N(c3ccccc3)c3cccc(C)c3)cc2)cc1)c1cccc(C(C)O)c1. The van der Waals surface area contributed by atoms with Gasteiger partial charge in [-0.25, -0.2) is 0 Å². The highest BCUT2D eigenvalue weighted by atomic mass is 16.3. The molecule has 0 spiro atoms. The number of hydrogen-bond acceptors (Lipinski definition) is 3. The summed E-state index contributed by atoms with van der Waals surface area (Å²) in [5.41, 5.74) is 10.3. The summed E-state index contributed by atoms with van der Waals surface area (Å²) < 4.78 is 0. The van der Waals surface area contributed by atoms with Gasteiger partial charge in [0.2, 0.25) is 0 Å². The average molecular weight is 569 g/mol. The number of rotatable bonds is 12. The fraction of sp³-hybridized carbons (Fsp3) is 0.250. The zero-order chi connectivity index (χ0) is 30.2. The van der Waals surface area contributed by atoms with Gasteiger partial charge in [-0.05, 0) is 110 Å². The van der Waals surface area contributed by atoms with Crippen LogP contribution in [0.25, 0.3) is 11.1 Å². The molecule has 3 nitrogen and oxygen atoms in total. The number of hydrogen-bond donors (Lipinski definition) is 1. The Bertz CT molecular complexity index is 1580. The normalized spacial score (nSPS) is 12.5. The molecular weight excluding hydrogens is 524 g/mol. The van der Waals surface area contributed by atoms with Crippen LogP contribution in [0, 0.1) is 6.92 Å². The highest BCUT2D eigenvalue weighted by Crippen LogP contribution is 2.37. The van der Waals surface area contributed by atoms with Crippen molar-refractivity contribution < 1.29 is 5.11 Å². The maximum Gasteiger partial charge on any atom is 0.0762 e. The molecule has 0 heterocycles. The third-order valence-corrected chi connectivity index (χ3v) is 8.24. The van der Waals surface area contributed by atoms with Gasteiger partial charge in [0, 0.05) is 34.5 Å². The summed E-state index contributed by atoms with van der Waals surface area (Å²) in [5.74, 6) is 0. The van der Waals surface area contributed by atoms with Crippen molar-refractivity contribution in [3.63, 3.8) is 0 Å². The van der Waals surface area contributed by atoms with Gasteiger partial charge in [0.1, 0.15) is 0 Å². The van der Waals surface area contributed by atoms with Crippen LogP contribution in [0.3, 0.4) is 0 Å². The van der Waals surface area contributed by atoms with E-state index in [1.165, 1.54) is 35.2 Å². The number of para-hydroxylation sites is 1. The van der Waals surface area contributed by atoms with E-state index in [0.717, 1.165) is 41.2 Å². The van der Waals surface area contributed by atoms with Crippen LogP contribution in [0.2, 0.25) is 0 Å². The summed E-state index contributed by atoms with van der Waals surface area (Å²) in [6.45, 7) is 8.50. The molecule has 1 N–H and O–H groups in total. The smallest absolute Gasteiger partial charge is 0.0762 e. The number of aliphatic hydroxyl groups excluding tert-OH is 1. The van der Waals surface area contributed by atoms with Crippen molar-refractivity contribution in [1.82, 2.24) is 0 Å². The Morgan fingerprint density at radius 2 is 1.19 bits per heavy atom. The second-order valence-electron chi connectivity index (χ2n) is 11.4. The van der Waals surface area contributed by atoms with Gasteiger partial charge in [0.15, 0.2) is 0 Å². The predicted octanol–water partition coefficient (Wildman–Crippen LogP) is 11.3. The Hall–Kier alpha value is -4.34. The van der Waals surface area contributed by atoms with Gasteiger partial charge >= 0.3 is 0 Å². The lowest BCUT2D eigenvalue weighted by Gasteiger charge is -2.34. The summed E-state index contributed by atoms with van der Waals surface area (Å²) >= 11 is 0. The minimum Gasteiger partial charge on any atom is -0.389 e. The first-order valence-corrected chi connectivity index (χ1v) is 15.7. The summed E-state index contributed by atoms with van der Waals surface area (Å²) in [6, 6.07) is 45.8. The quantitative estimate of drug-likeness (QED) is 0.162. The minimum atomic E-state index is -0.494. The van der Waals surface area contributed by atoms with E-state index < -0.39 is 6.10 Å². The number of benzene rings is 5. The lowest BCUT2D eigenvalue weighted by atomic mass is 10.0. The van der Waals surface area contributed by atoms with Crippen molar-refractivity contribution in [3.05, 3.63) is 139 Å². The van der Waals surface area contributed by atoms with E-state index in [1.54, 1.807) is 0 Å². The molecule has 0 aliphatic rings. The third-order valence-electron chi connectivity index (χ3n) is 8.24. The van der Waals surface area contributed by atoms with Gasteiger partial charge in [-0.3, -0.25) is 0 Å². The molecular formula is C40H44N2O. The van der Waals surface area contributed by atoms with Crippen molar-refractivity contribution in [2.75, 3.05) is 9.80 Å². The van der Waals surface area contributed by atoms with E-state index in [4.69, 9.17) is 0 Å². The fourth-order valence-electron chi connectivity index (χ4n) is 5.87. The topological polar surface area (TPSA) is 26.7 Å². The Balaban J connectivity index is 1.45. The van der Waals surface area contributed by atoms with Gasteiger partial charge < -0.3 is 14.9 Å². The summed E-state index contributed by atoms with van der Waals surface area (Å²) in [4.78, 5) is 4.77. The molecule has 3 heteroatoms. The third kappa shape index (κ3) is 7.18. The molecule has 0 aliphatic heterocycles. The highest BCUT2D eigenvalue weighted by Gasteiger charge is 2.20. The van der Waals surface area contributed by atoms with Crippen LogP contribution in [0.5, 0.6) is 0 Å². The van der Waals surface area contributed by atoms with E-state index >= 15 is 0 Å². The maximum atomic E-state index is 10.3. The monoisotopic (exact) mass is 568 g/mol. The Kier molecular flexibility index (Phi) is 9.96. The number of nitrogens with zero attached hydrogens (tertiary/aromatic N) is 2. The highest BCUT2D eigenvalue weighted by molar-refractivity contribution is 5.79. The molecule has 2 unspecified atom stereocenters. The molecule has 0 fully saturated rings. The first kappa shape index (κ1) is 30.1. The molecule has 5 aromatic carbocycles. The first-order chi connectivity index (χ1) is 21.0. The van der Waals surface area contributed by atoms with Crippen LogP contribution in [-0.4, -0.2) is 11.1 Å². The largest absolute Gasteiger partial charge is 0.389 e. The molecule has 0 amide bonds. The standard InChI is InChI=1S/C40H44N2O/c1-5-7-15-35(6-2)41(40-19-12-14-34(29-40)31(4)43)37-24-20-32(21-25-37)33-22-26-38(27-23-33)42(36-16-9-8-10-17-36)39-18-11-13-30(3)28-39/h8-14,16-29,31,35,43H,5-7,15H2,1-4H3. The zero-order valence-electron chi connectivity index (χ0n) is 25.9. The molecule has 220 valence electrons. The van der Waals surface area contributed by atoms with Crippen LogP contribution >= 0.6 is 0 Å². The Morgan fingerprint density at radius 1 is 0.605 bits per heavy atom. The molecule has 5 aromatic rings. The number of unbranched alkanes of at least 4 members (excludes halogenated alkanes) is 1. The summed E-state index contributed by atoms with van der Waals surface area (Å²) in [7, 11) is 0. The number of aryl methyl sites for hydroxylation is 1. The number of aliphatic hydroxyl groups is 1. The van der Waals surface area contributed by atoms with Crippen LogP contribution in [0.15, 0.2) is 127 Å². The molecule has 5 rings (SSSR count). The van der Waals surface area contributed by atoms with Crippen molar-refractivity contribution in [3.8, 4) is 11.1 Å². The predicted molar refractivity (Wildman–Crippen MR) is 184 cm³/mol. The van der Waals surface area contributed by atoms with Crippen molar-refractivity contribution in [1.29, 1.82) is 0 Å². The fourth-order valence-corrected chi connectivity index (χ4v) is 5.87. The van der Waals surface area contributed by atoms with E-state index in [9.17, 15) is 5.11 Å². The van der Waals surface area contributed by atoms with Gasteiger partial charge in [-0.1, -0.05) is 93.4 Å². The molecule has 0 radical (unpaired) electrons. The second-order valence-corrected chi connectivity index (χ2v) is 11.4. The Labute approximate surface area is 258 Å². The van der Waals surface area contributed by atoms with Gasteiger partial charge in [0.25, 0.3) is 0 Å². The zero-order valence-corrected chi connectivity index (χ0v) is 25.9. The van der Waals surface area contributed by atoms with Crippen molar-refractivity contribution >= 4 is 28.4 Å². The lowest BCUT2D eigenvalue weighted by Crippen LogP contribution is -2.30. The Morgan fingerprint density at radius 3 is 1.79 bits per heavy atom.